The monoisotopic (exact) mass is 489 g/mol. The normalized spacial score (nSPS) is 12.3. The van der Waals surface area contributed by atoms with E-state index in [2.05, 4.69) is 25.2 Å². The van der Waals surface area contributed by atoms with Crippen LogP contribution in [0.25, 0.3) is 0 Å². The molecule has 0 unspecified atom stereocenters. The van der Waals surface area contributed by atoms with E-state index in [0.717, 1.165) is 11.3 Å². The largest absolute Gasteiger partial charge is 0.444 e. The summed E-state index contributed by atoms with van der Waals surface area (Å²) in [6.45, 7) is 13.1. The summed E-state index contributed by atoms with van der Waals surface area (Å²) in [5.74, 6) is 0.101. The van der Waals surface area contributed by atoms with Crippen LogP contribution in [-0.4, -0.2) is 32.8 Å². The quantitative estimate of drug-likeness (QED) is 0.457. The van der Waals surface area contributed by atoms with E-state index in [4.69, 9.17) is 17.2 Å². The van der Waals surface area contributed by atoms with E-state index in [-0.39, 0.29) is 11.5 Å². The number of nitrogens with two attached hydrogens (primary N) is 3. The Hall–Kier alpha value is -3.43. The first-order valence-electron chi connectivity index (χ1n) is 12.0. The van der Waals surface area contributed by atoms with Gasteiger partial charge >= 0.3 is 6.09 Å². The lowest BCUT2D eigenvalue weighted by molar-refractivity contribution is 0.0600. The number of aryl methyl sites for hydroxylation is 2. The van der Waals surface area contributed by atoms with Crippen LogP contribution in [0.4, 0.5) is 22.1 Å². The molecule has 0 bridgehead atoms. The van der Waals surface area contributed by atoms with Gasteiger partial charge in [0.15, 0.2) is 5.69 Å². The molecule has 1 saturated carbocycles. The van der Waals surface area contributed by atoms with E-state index in [9.17, 15) is 9.59 Å². The Bertz CT molecular complexity index is 892. The first-order valence-corrected chi connectivity index (χ1v) is 12.0. The van der Waals surface area contributed by atoms with Crippen LogP contribution >= 0.6 is 0 Å². The Morgan fingerprint density at radius 2 is 1.43 bits per heavy atom. The first-order chi connectivity index (χ1) is 16.4. The summed E-state index contributed by atoms with van der Waals surface area (Å²) in [6.07, 6.45) is 8.28. The molecular formula is C25H43N7O3. The molecule has 3 rings (SSSR count). The van der Waals surface area contributed by atoms with E-state index in [1.807, 2.05) is 39.8 Å². The molecule has 0 radical (unpaired) electrons. The molecule has 7 N–H and O–H groups in total. The number of carbonyl (C=O) groups is 2. The number of nitrogen functional groups attached to an aromatic ring is 1. The number of hydrogen-bond donors (Lipinski definition) is 4. The lowest BCUT2D eigenvalue weighted by Crippen LogP contribution is -2.27. The van der Waals surface area contributed by atoms with Crippen molar-refractivity contribution in [2.45, 2.75) is 92.6 Å². The Kier molecular flexibility index (Phi) is 14.6. The van der Waals surface area contributed by atoms with Crippen LogP contribution < -0.4 is 22.5 Å². The molecule has 1 fully saturated rings. The summed E-state index contributed by atoms with van der Waals surface area (Å²) in [7, 11) is 0. The van der Waals surface area contributed by atoms with Crippen LogP contribution in [0.2, 0.25) is 0 Å². The minimum Gasteiger partial charge on any atom is -0.444 e. The van der Waals surface area contributed by atoms with Gasteiger partial charge in [0.1, 0.15) is 17.2 Å². The molecule has 0 spiro atoms. The van der Waals surface area contributed by atoms with Gasteiger partial charge < -0.3 is 27.3 Å². The maximum absolute atomic E-state index is 11.3. The summed E-state index contributed by atoms with van der Waals surface area (Å²) in [4.78, 5) is 25.6. The summed E-state index contributed by atoms with van der Waals surface area (Å²) >= 11 is 0. The molecule has 2 amide bonds. The van der Waals surface area contributed by atoms with Gasteiger partial charge in [0, 0.05) is 11.8 Å². The van der Waals surface area contributed by atoms with E-state index >= 15 is 0 Å². The SMILES string of the molecule is C1CCCCC1.CC.CC(C)(C)OC(N)=O.Cc1cc(C)nc(Nc2cc(N)nnc2C(N)=O)c1. The van der Waals surface area contributed by atoms with Gasteiger partial charge in [-0.15, -0.1) is 10.2 Å². The van der Waals surface area contributed by atoms with E-state index < -0.39 is 17.6 Å². The van der Waals surface area contributed by atoms with E-state index in [0.29, 0.717) is 11.5 Å². The fraction of sp³-hybridized carbons (Fsp3) is 0.560. The Morgan fingerprint density at radius 3 is 1.80 bits per heavy atom. The van der Waals surface area contributed by atoms with Crippen molar-refractivity contribution in [1.82, 2.24) is 15.2 Å². The predicted molar refractivity (Wildman–Crippen MR) is 141 cm³/mol. The summed E-state index contributed by atoms with van der Waals surface area (Å²) in [5, 5.41) is 10.3. The number of carbonyl (C=O) groups excluding carboxylic acids is 2. The highest BCUT2D eigenvalue weighted by molar-refractivity contribution is 5.97. The summed E-state index contributed by atoms with van der Waals surface area (Å²) in [6, 6.07) is 5.28. The topological polar surface area (TPSA) is 172 Å². The number of anilines is 3. The maximum Gasteiger partial charge on any atom is 0.405 e. The second-order valence-corrected chi connectivity index (χ2v) is 8.85. The lowest BCUT2D eigenvalue weighted by atomic mass is 10.0. The molecule has 10 heteroatoms. The van der Waals surface area contributed by atoms with Crippen LogP contribution in [0.5, 0.6) is 0 Å². The lowest BCUT2D eigenvalue weighted by Gasteiger charge is -2.16. The molecule has 0 saturated heterocycles. The average Bonchev–Trinajstić information content (AvgIpc) is 2.75. The third-order valence-corrected chi connectivity index (χ3v) is 4.31. The Morgan fingerprint density at radius 1 is 0.914 bits per heavy atom. The van der Waals surface area contributed by atoms with Crippen molar-refractivity contribution < 1.29 is 14.3 Å². The van der Waals surface area contributed by atoms with Crippen LogP contribution in [0, 0.1) is 13.8 Å². The zero-order valence-corrected chi connectivity index (χ0v) is 22.3. The molecule has 0 atom stereocenters. The van der Waals surface area contributed by atoms with Gasteiger partial charge in [-0.05, 0) is 52.3 Å². The molecule has 2 heterocycles. The molecular weight excluding hydrogens is 446 g/mol. The maximum atomic E-state index is 11.3. The number of nitrogens with zero attached hydrogens (tertiary/aromatic N) is 3. The second kappa shape index (κ2) is 16.2. The minimum absolute atomic E-state index is 0.0233. The van der Waals surface area contributed by atoms with Crippen molar-refractivity contribution in [3.8, 4) is 0 Å². The zero-order chi connectivity index (χ0) is 27.0. The van der Waals surface area contributed by atoms with Gasteiger partial charge in [0.05, 0.1) is 5.69 Å². The van der Waals surface area contributed by atoms with Crippen LogP contribution in [0.1, 0.15) is 94.9 Å². The van der Waals surface area contributed by atoms with Crippen LogP contribution in [0.3, 0.4) is 0 Å². The smallest absolute Gasteiger partial charge is 0.405 e. The van der Waals surface area contributed by atoms with Gasteiger partial charge in [-0.25, -0.2) is 9.78 Å². The third kappa shape index (κ3) is 15.2. The second-order valence-electron chi connectivity index (χ2n) is 8.85. The minimum atomic E-state index is -0.725. The molecule has 196 valence electrons. The number of amides is 2. The van der Waals surface area contributed by atoms with Crippen molar-refractivity contribution in [3.05, 3.63) is 35.2 Å². The van der Waals surface area contributed by atoms with Gasteiger partial charge in [0.25, 0.3) is 5.91 Å². The van der Waals surface area contributed by atoms with Crippen molar-refractivity contribution in [2.75, 3.05) is 11.1 Å². The van der Waals surface area contributed by atoms with Crippen molar-refractivity contribution in [3.63, 3.8) is 0 Å². The Balaban J connectivity index is 0.000000594. The Labute approximate surface area is 209 Å². The van der Waals surface area contributed by atoms with Crippen LogP contribution in [0.15, 0.2) is 18.2 Å². The highest BCUT2D eigenvalue weighted by Gasteiger charge is 2.13. The average molecular weight is 490 g/mol. The van der Waals surface area contributed by atoms with Gasteiger partial charge in [-0.1, -0.05) is 52.4 Å². The molecule has 0 aliphatic heterocycles. The number of aromatic nitrogens is 3. The zero-order valence-electron chi connectivity index (χ0n) is 22.3. The highest BCUT2D eigenvalue weighted by Crippen LogP contribution is 2.20. The molecule has 35 heavy (non-hydrogen) atoms. The predicted octanol–water partition coefficient (Wildman–Crippen LogP) is 5.16. The fourth-order valence-corrected chi connectivity index (χ4v) is 3.09. The summed E-state index contributed by atoms with van der Waals surface area (Å²) in [5.41, 5.74) is 17.4. The molecule has 2 aromatic rings. The molecule has 10 nitrogen and oxygen atoms in total. The number of ether oxygens (including phenoxy) is 1. The first kappa shape index (κ1) is 31.6. The van der Waals surface area contributed by atoms with Gasteiger partial charge in [-0.2, -0.15) is 0 Å². The third-order valence-electron chi connectivity index (χ3n) is 4.31. The molecule has 1 aliphatic rings. The number of hydrogen-bond acceptors (Lipinski definition) is 8. The summed E-state index contributed by atoms with van der Waals surface area (Å²) < 4.78 is 4.58. The molecule has 0 aromatic carbocycles. The van der Waals surface area contributed by atoms with Gasteiger partial charge in [0.2, 0.25) is 0 Å². The standard InChI is InChI=1S/C12H14N6O.C6H12.C5H11NO2.C2H6/c1-6-3-7(2)15-10(4-6)16-8-5-9(13)17-18-11(8)12(14)19;1-2-4-6-5-3-1;1-5(2,3)8-4(6)7;1-2/h3-5H,1-2H3,(H2,14,19)(H3,13,15,16,17);1-6H2;1-3H3,(H2,6,7);1-2H3. The van der Waals surface area contributed by atoms with E-state index in [1.165, 1.54) is 44.6 Å². The number of nitrogens with one attached hydrogen (secondary N) is 1. The van der Waals surface area contributed by atoms with Crippen molar-refractivity contribution in [1.29, 1.82) is 0 Å². The number of primary amides is 2. The number of pyridine rings is 1. The highest BCUT2D eigenvalue weighted by atomic mass is 16.6. The molecule has 2 aromatic heterocycles. The van der Waals surface area contributed by atoms with Crippen LogP contribution in [-0.2, 0) is 4.74 Å². The molecule has 1 aliphatic carbocycles. The van der Waals surface area contributed by atoms with Gasteiger partial charge in [-0.3, -0.25) is 4.79 Å². The van der Waals surface area contributed by atoms with E-state index in [1.54, 1.807) is 20.8 Å². The fourth-order valence-electron chi connectivity index (χ4n) is 3.09. The van der Waals surface area contributed by atoms with Crippen molar-refractivity contribution >= 4 is 29.3 Å². The van der Waals surface area contributed by atoms with Crippen molar-refractivity contribution in [2.24, 2.45) is 11.5 Å². The number of rotatable bonds is 3.